The van der Waals surface area contributed by atoms with E-state index in [0.29, 0.717) is 0 Å². The first kappa shape index (κ1) is 17.2. The van der Waals surface area contributed by atoms with Gasteiger partial charge < -0.3 is 13.9 Å². The van der Waals surface area contributed by atoms with Crippen molar-refractivity contribution in [2.75, 3.05) is 13.7 Å². The van der Waals surface area contributed by atoms with Gasteiger partial charge in [0.15, 0.2) is 10.9 Å². The highest BCUT2D eigenvalue weighted by molar-refractivity contribution is 7.98. The Balaban J connectivity index is 1.56. The van der Waals surface area contributed by atoms with E-state index in [4.69, 9.17) is 13.9 Å². The molecule has 0 amide bonds. The Labute approximate surface area is 156 Å². The van der Waals surface area contributed by atoms with Gasteiger partial charge in [0.05, 0.1) is 26.0 Å². The number of aromatic nitrogens is 3. The normalized spacial score (nSPS) is 16.9. The molecule has 1 atom stereocenters. The lowest BCUT2D eigenvalue weighted by Gasteiger charge is -2.14. The van der Waals surface area contributed by atoms with Crippen LogP contribution in [-0.2, 0) is 17.0 Å². The number of hydrogen-bond donors (Lipinski definition) is 0. The molecule has 136 valence electrons. The molecule has 1 aliphatic heterocycles. The van der Waals surface area contributed by atoms with Crippen LogP contribution in [0.3, 0.4) is 0 Å². The van der Waals surface area contributed by atoms with Gasteiger partial charge in [-0.05, 0) is 42.7 Å². The fourth-order valence-corrected chi connectivity index (χ4v) is 3.94. The molecule has 1 fully saturated rings. The van der Waals surface area contributed by atoms with Gasteiger partial charge in [-0.2, -0.15) is 0 Å². The Morgan fingerprint density at radius 3 is 3.00 bits per heavy atom. The maximum absolute atomic E-state index is 5.81. The first-order valence-electron chi connectivity index (χ1n) is 8.68. The number of benzene rings is 1. The molecular formula is C19H21N3O3S. The van der Waals surface area contributed by atoms with Crippen LogP contribution in [0, 0.1) is 0 Å². The Hall–Kier alpha value is -2.25. The highest BCUT2D eigenvalue weighted by Crippen LogP contribution is 2.29. The van der Waals surface area contributed by atoms with E-state index in [1.165, 1.54) is 5.56 Å². The Morgan fingerprint density at radius 2 is 2.23 bits per heavy atom. The summed E-state index contributed by atoms with van der Waals surface area (Å²) in [5.41, 5.74) is 1.18. The molecule has 7 heteroatoms. The van der Waals surface area contributed by atoms with Gasteiger partial charge in [0.2, 0.25) is 5.82 Å². The summed E-state index contributed by atoms with van der Waals surface area (Å²) in [5.74, 6) is 3.13. The van der Waals surface area contributed by atoms with E-state index in [1.807, 2.05) is 30.3 Å². The lowest BCUT2D eigenvalue weighted by Crippen LogP contribution is -2.16. The van der Waals surface area contributed by atoms with E-state index in [0.717, 1.165) is 54.2 Å². The van der Waals surface area contributed by atoms with E-state index < -0.39 is 0 Å². The van der Waals surface area contributed by atoms with Gasteiger partial charge in [0.1, 0.15) is 5.75 Å². The number of ether oxygens (including phenoxy) is 2. The first-order chi connectivity index (χ1) is 12.8. The van der Waals surface area contributed by atoms with Crippen LogP contribution >= 0.6 is 11.8 Å². The van der Waals surface area contributed by atoms with Gasteiger partial charge in [-0.15, -0.1) is 10.2 Å². The molecule has 3 aromatic rings. The number of furan rings is 1. The summed E-state index contributed by atoms with van der Waals surface area (Å²) in [6.07, 6.45) is 4.03. The van der Waals surface area contributed by atoms with E-state index >= 15 is 0 Å². The smallest absolute Gasteiger partial charge is 0.200 e. The van der Waals surface area contributed by atoms with Crippen LogP contribution in [-0.4, -0.2) is 34.6 Å². The summed E-state index contributed by atoms with van der Waals surface area (Å²) in [4.78, 5) is 0. The van der Waals surface area contributed by atoms with Crippen molar-refractivity contribution < 1.29 is 13.9 Å². The topological polar surface area (TPSA) is 62.3 Å². The van der Waals surface area contributed by atoms with Crippen molar-refractivity contribution in [2.45, 2.75) is 36.4 Å². The lowest BCUT2D eigenvalue weighted by molar-refractivity contribution is 0.0952. The van der Waals surface area contributed by atoms with Crippen LogP contribution in [0.5, 0.6) is 5.75 Å². The molecule has 26 heavy (non-hydrogen) atoms. The molecule has 1 saturated heterocycles. The molecular weight excluding hydrogens is 350 g/mol. The number of methoxy groups -OCH3 is 1. The molecule has 4 rings (SSSR count). The quantitative estimate of drug-likeness (QED) is 0.585. The third-order valence-corrected chi connectivity index (χ3v) is 5.41. The molecule has 1 aromatic carbocycles. The highest BCUT2D eigenvalue weighted by Gasteiger charge is 2.22. The van der Waals surface area contributed by atoms with E-state index in [2.05, 4.69) is 20.8 Å². The highest BCUT2D eigenvalue weighted by atomic mass is 32.2. The van der Waals surface area contributed by atoms with Gasteiger partial charge >= 0.3 is 0 Å². The van der Waals surface area contributed by atoms with Crippen LogP contribution in [0.2, 0.25) is 0 Å². The standard InChI is InChI=1S/C19H21N3O3S/c1-23-15-6-2-5-14(11-15)13-26-19-21-20-18(17-8-4-10-25-17)22(19)12-16-7-3-9-24-16/h2,4-6,8,10-11,16H,3,7,9,12-13H2,1H3. The molecule has 6 nitrogen and oxygen atoms in total. The summed E-state index contributed by atoms with van der Waals surface area (Å²) >= 11 is 1.66. The van der Waals surface area contributed by atoms with Crippen molar-refractivity contribution in [1.82, 2.24) is 14.8 Å². The second-order valence-corrected chi connectivity index (χ2v) is 7.11. The maximum Gasteiger partial charge on any atom is 0.200 e. The lowest BCUT2D eigenvalue weighted by atomic mass is 10.2. The molecule has 0 aliphatic carbocycles. The second kappa shape index (κ2) is 7.97. The van der Waals surface area contributed by atoms with E-state index in [9.17, 15) is 0 Å². The molecule has 0 spiro atoms. The van der Waals surface area contributed by atoms with Crippen molar-refractivity contribution in [1.29, 1.82) is 0 Å². The van der Waals surface area contributed by atoms with Gasteiger partial charge in [0.25, 0.3) is 0 Å². The third-order valence-electron chi connectivity index (χ3n) is 4.37. The van der Waals surface area contributed by atoms with Gasteiger partial charge in [-0.1, -0.05) is 23.9 Å². The molecule has 3 heterocycles. The molecule has 0 N–H and O–H groups in total. The first-order valence-corrected chi connectivity index (χ1v) is 9.66. The largest absolute Gasteiger partial charge is 0.497 e. The Kier molecular flexibility index (Phi) is 5.26. The number of thioether (sulfide) groups is 1. The summed E-state index contributed by atoms with van der Waals surface area (Å²) in [7, 11) is 1.68. The predicted molar refractivity (Wildman–Crippen MR) is 99.3 cm³/mol. The van der Waals surface area contributed by atoms with Gasteiger partial charge in [-0.25, -0.2) is 0 Å². The Bertz CT molecular complexity index is 842. The Morgan fingerprint density at radius 1 is 1.27 bits per heavy atom. The molecule has 0 saturated carbocycles. The van der Waals surface area contributed by atoms with Crippen LogP contribution in [0.1, 0.15) is 18.4 Å². The number of nitrogens with zero attached hydrogens (tertiary/aromatic N) is 3. The van der Waals surface area contributed by atoms with Gasteiger partial charge in [0, 0.05) is 12.4 Å². The fraction of sp³-hybridized carbons (Fsp3) is 0.368. The minimum atomic E-state index is 0.205. The summed E-state index contributed by atoms with van der Waals surface area (Å²) in [6, 6.07) is 11.9. The minimum Gasteiger partial charge on any atom is -0.497 e. The molecule has 0 radical (unpaired) electrons. The monoisotopic (exact) mass is 371 g/mol. The summed E-state index contributed by atoms with van der Waals surface area (Å²) in [6.45, 7) is 1.57. The minimum absolute atomic E-state index is 0.205. The molecule has 0 bridgehead atoms. The van der Waals surface area contributed by atoms with Crippen molar-refractivity contribution >= 4 is 11.8 Å². The number of hydrogen-bond acceptors (Lipinski definition) is 6. The molecule has 1 aliphatic rings. The maximum atomic E-state index is 5.81. The average molecular weight is 371 g/mol. The number of rotatable bonds is 7. The van der Waals surface area contributed by atoms with E-state index in [1.54, 1.807) is 25.1 Å². The van der Waals surface area contributed by atoms with Crippen LogP contribution in [0.15, 0.2) is 52.2 Å². The van der Waals surface area contributed by atoms with Crippen LogP contribution < -0.4 is 4.74 Å². The SMILES string of the molecule is COc1cccc(CSc2nnc(-c3ccco3)n2CC2CCCO2)c1. The molecule has 1 unspecified atom stereocenters. The van der Waals surface area contributed by atoms with Gasteiger partial charge in [-0.3, -0.25) is 4.57 Å². The predicted octanol–water partition coefficient (Wildman–Crippen LogP) is 4.02. The van der Waals surface area contributed by atoms with Crippen molar-refractivity contribution in [3.8, 4) is 17.3 Å². The fourth-order valence-electron chi connectivity index (χ4n) is 3.05. The zero-order chi connectivity index (χ0) is 17.8. The summed E-state index contributed by atoms with van der Waals surface area (Å²) < 4.78 is 18.8. The second-order valence-electron chi connectivity index (χ2n) is 6.17. The van der Waals surface area contributed by atoms with Crippen molar-refractivity contribution in [3.63, 3.8) is 0 Å². The van der Waals surface area contributed by atoms with Crippen molar-refractivity contribution in [2.24, 2.45) is 0 Å². The van der Waals surface area contributed by atoms with Crippen LogP contribution in [0.25, 0.3) is 11.6 Å². The zero-order valence-corrected chi connectivity index (χ0v) is 15.4. The average Bonchev–Trinajstić information content (AvgIpc) is 3.43. The third kappa shape index (κ3) is 3.78. The molecule has 2 aromatic heterocycles. The van der Waals surface area contributed by atoms with Crippen molar-refractivity contribution in [3.05, 3.63) is 48.2 Å². The summed E-state index contributed by atoms with van der Waals surface area (Å²) in [5, 5.41) is 9.64. The van der Waals surface area contributed by atoms with E-state index in [-0.39, 0.29) is 6.10 Å². The van der Waals surface area contributed by atoms with Crippen LogP contribution in [0.4, 0.5) is 0 Å². The zero-order valence-electron chi connectivity index (χ0n) is 14.6.